The van der Waals surface area contributed by atoms with Crippen LogP contribution < -0.4 is 11.1 Å². The van der Waals surface area contributed by atoms with E-state index < -0.39 is 0 Å². The number of carbonyl (C=O) groups is 1. The molecule has 0 saturated heterocycles. The number of nitrogens with two attached hydrogens (primary N) is 1. The van der Waals surface area contributed by atoms with Gasteiger partial charge in [0, 0.05) is 0 Å². The maximum atomic E-state index is 11.8. The SMILES string of the molecule is Cl.NC1=NCCN1C(=O)Nc1ccccc1Cl. The Morgan fingerprint density at radius 1 is 1.47 bits per heavy atom. The van der Waals surface area contributed by atoms with Gasteiger partial charge in [-0.05, 0) is 12.1 Å². The summed E-state index contributed by atoms with van der Waals surface area (Å²) in [4.78, 5) is 17.1. The number of guanidine groups is 1. The van der Waals surface area contributed by atoms with Gasteiger partial charge in [0.15, 0.2) is 5.96 Å². The van der Waals surface area contributed by atoms with Crippen LogP contribution in [0.2, 0.25) is 5.02 Å². The van der Waals surface area contributed by atoms with Gasteiger partial charge in [-0.1, -0.05) is 23.7 Å². The number of benzene rings is 1. The van der Waals surface area contributed by atoms with E-state index in [0.29, 0.717) is 23.8 Å². The lowest BCUT2D eigenvalue weighted by Crippen LogP contribution is -2.41. The second kappa shape index (κ2) is 5.75. The highest BCUT2D eigenvalue weighted by atomic mass is 35.5. The van der Waals surface area contributed by atoms with Crippen LogP contribution in [0.1, 0.15) is 0 Å². The standard InChI is InChI=1S/C10H11ClN4O.ClH/c11-7-3-1-2-4-8(7)14-10(16)15-6-5-13-9(15)12;/h1-4H,5-6H2,(H2,12,13)(H,14,16);1H. The Kier molecular flexibility index (Phi) is 4.60. The number of amides is 2. The fourth-order valence-electron chi connectivity index (χ4n) is 1.42. The lowest BCUT2D eigenvalue weighted by atomic mass is 10.3. The molecule has 0 unspecified atom stereocenters. The summed E-state index contributed by atoms with van der Waals surface area (Å²) in [6.07, 6.45) is 0. The predicted molar refractivity (Wildman–Crippen MR) is 70.9 cm³/mol. The molecule has 1 aromatic carbocycles. The van der Waals surface area contributed by atoms with Crippen LogP contribution in [0.4, 0.5) is 10.5 Å². The molecule has 7 heteroatoms. The van der Waals surface area contributed by atoms with Gasteiger partial charge in [0.1, 0.15) is 0 Å². The monoisotopic (exact) mass is 274 g/mol. The average Bonchev–Trinajstić information content (AvgIpc) is 2.68. The Morgan fingerprint density at radius 2 is 2.18 bits per heavy atom. The van der Waals surface area contributed by atoms with E-state index in [2.05, 4.69) is 10.3 Å². The van der Waals surface area contributed by atoms with Crippen molar-refractivity contribution in [2.75, 3.05) is 18.4 Å². The van der Waals surface area contributed by atoms with Crippen molar-refractivity contribution in [1.82, 2.24) is 4.90 Å². The molecule has 1 aromatic rings. The Balaban J connectivity index is 0.00000144. The molecule has 2 amide bonds. The number of hydrogen-bond acceptors (Lipinski definition) is 3. The zero-order valence-corrected chi connectivity index (χ0v) is 10.5. The van der Waals surface area contributed by atoms with E-state index in [4.69, 9.17) is 17.3 Å². The summed E-state index contributed by atoms with van der Waals surface area (Å²) in [6.45, 7) is 1.05. The van der Waals surface area contributed by atoms with E-state index in [1.165, 1.54) is 4.90 Å². The van der Waals surface area contributed by atoms with E-state index in [-0.39, 0.29) is 24.4 Å². The van der Waals surface area contributed by atoms with E-state index in [0.717, 1.165) is 0 Å². The normalized spacial score (nSPS) is 13.9. The van der Waals surface area contributed by atoms with E-state index in [9.17, 15) is 4.79 Å². The molecule has 17 heavy (non-hydrogen) atoms. The minimum absolute atomic E-state index is 0. The van der Waals surface area contributed by atoms with E-state index >= 15 is 0 Å². The fourth-order valence-corrected chi connectivity index (χ4v) is 1.60. The topological polar surface area (TPSA) is 70.7 Å². The van der Waals surface area contributed by atoms with E-state index in [1.54, 1.807) is 24.3 Å². The van der Waals surface area contributed by atoms with Gasteiger partial charge in [-0.3, -0.25) is 9.89 Å². The first-order chi connectivity index (χ1) is 7.68. The zero-order valence-electron chi connectivity index (χ0n) is 8.89. The Morgan fingerprint density at radius 3 is 2.76 bits per heavy atom. The molecular weight excluding hydrogens is 263 g/mol. The van der Waals surface area contributed by atoms with Crippen LogP contribution in [-0.2, 0) is 0 Å². The molecule has 0 aliphatic carbocycles. The lowest BCUT2D eigenvalue weighted by molar-refractivity contribution is 0.236. The summed E-state index contributed by atoms with van der Waals surface area (Å²) in [5, 5.41) is 3.17. The Hall–Kier alpha value is -1.46. The van der Waals surface area contributed by atoms with Crippen LogP contribution in [0.5, 0.6) is 0 Å². The molecule has 0 radical (unpaired) electrons. The molecule has 5 nitrogen and oxygen atoms in total. The van der Waals surface area contributed by atoms with Gasteiger partial charge in [-0.15, -0.1) is 12.4 Å². The van der Waals surface area contributed by atoms with Crippen LogP contribution in [0, 0.1) is 0 Å². The van der Waals surface area contributed by atoms with Gasteiger partial charge in [0.2, 0.25) is 0 Å². The molecule has 1 heterocycles. The maximum Gasteiger partial charge on any atom is 0.328 e. The minimum Gasteiger partial charge on any atom is -0.369 e. The van der Waals surface area contributed by atoms with Gasteiger partial charge < -0.3 is 11.1 Å². The molecule has 0 bridgehead atoms. The molecular formula is C10H12Cl2N4O. The summed E-state index contributed by atoms with van der Waals surface area (Å²) in [6, 6.07) is 6.71. The number of hydrogen-bond donors (Lipinski definition) is 2. The lowest BCUT2D eigenvalue weighted by Gasteiger charge is -2.16. The highest BCUT2D eigenvalue weighted by molar-refractivity contribution is 6.33. The summed E-state index contributed by atoms with van der Waals surface area (Å²) in [7, 11) is 0. The van der Waals surface area contributed by atoms with Crippen molar-refractivity contribution in [2.45, 2.75) is 0 Å². The van der Waals surface area contributed by atoms with Gasteiger partial charge in [0.25, 0.3) is 0 Å². The van der Waals surface area contributed by atoms with Gasteiger partial charge in [-0.2, -0.15) is 0 Å². The number of carbonyl (C=O) groups excluding carboxylic acids is 1. The third-order valence-electron chi connectivity index (χ3n) is 2.23. The molecule has 1 aliphatic heterocycles. The van der Waals surface area contributed by atoms with Crippen molar-refractivity contribution in [3.63, 3.8) is 0 Å². The van der Waals surface area contributed by atoms with Crippen molar-refractivity contribution in [2.24, 2.45) is 10.7 Å². The van der Waals surface area contributed by atoms with Crippen LogP contribution in [0.15, 0.2) is 29.3 Å². The molecule has 3 N–H and O–H groups in total. The Labute approximate surface area is 110 Å². The second-order valence-electron chi connectivity index (χ2n) is 3.30. The van der Waals surface area contributed by atoms with Crippen LogP contribution in [-0.4, -0.2) is 30.0 Å². The quantitative estimate of drug-likeness (QED) is 0.822. The van der Waals surface area contributed by atoms with Gasteiger partial charge in [0.05, 0.1) is 23.8 Å². The first-order valence-corrected chi connectivity index (χ1v) is 5.19. The average molecular weight is 275 g/mol. The number of nitrogens with one attached hydrogen (secondary N) is 1. The maximum absolute atomic E-state index is 11.8. The number of nitrogens with zero attached hydrogens (tertiary/aromatic N) is 2. The summed E-state index contributed by atoms with van der Waals surface area (Å²) >= 11 is 5.92. The van der Waals surface area contributed by atoms with Crippen molar-refractivity contribution >= 4 is 41.7 Å². The highest BCUT2D eigenvalue weighted by Crippen LogP contribution is 2.20. The molecule has 1 aliphatic rings. The third kappa shape index (κ3) is 3.01. The third-order valence-corrected chi connectivity index (χ3v) is 2.56. The van der Waals surface area contributed by atoms with Crippen molar-refractivity contribution < 1.29 is 4.79 Å². The molecule has 0 spiro atoms. The zero-order chi connectivity index (χ0) is 11.5. The number of halogens is 2. The van der Waals surface area contributed by atoms with Crippen LogP contribution in [0.3, 0.4) is 0 Å². The largest absolute Gasteiger partial charge is 0.369 e. The molecule has 2 rings (SSSR count). The van der Waals surface area contributed by atoms with E-state index in [1.807, 2.05) is 0 Å². The number of para-hydroxylation sites is 1. The van der Waals surface area contributed by atoms with Crippen molar-refractivity contribution in [3.8, 4) is 0 Å². The molecule has 0 saturated carbocycles. The molecule has 92 valence electrons. The summed E-state index contributed by atoms with van der Waals surface area (Å²) < 4.78 is 0. The summed E-state index contributed by atoms with van der Waals surface area (Å²) in [5.74, 6) is 0.240. The van der Waals surface area contributed by atoms with Crippen molar-refractivity contribution in [1.29, 1.82) is 0 Å². The van der Waals surface area contributed by atoms with Crippen molar-refractivity contribution in [3.05, 3.63) is 29.3 Å². The molecule has 0 aromatic heterocycles. The van der Waals surface area contributed by atoms with Gasteiger partial charge >= 0.3 is 6.03 Å². The summed E-state index contributed by atoms with van der Waals surface area (Å²) in [5.41, 5.74) is 6.12. The highest BCUT2D eigenvalue weighted by Gasteiger charge is 2.21. The molecule has 0 fully saturated rings. The Bertz CT molecular complexity index is 450. The smallest absolute Gasteiger partial charge is 0.328 e. The van der Waals surface area contributed by atoms with Crippen LogP contribution in [0.25, 0.3) is 0 Å². The predicted octanol–water partition coefficient (Wildman–Crippen LogP) is 1.92. The first kappa shape index (κ1) is 13.6. The minimum atomic E-state index is -0.313. The first-order valence-electron chi connectivity index (χ1n) is 4.81. The number of rotatable bonds is 1. The number of aliphatic imine (C=N–C) groups is 1. The second-order valence-corrected chi connectivity index (χ2v) is 3.71. The fraction of sp³-hybridized carbons (Fsp3) is 0.200. The number of urea groups is 1. The molecule has 0 atom stereocenters. The number of anilines is 1. The van der Waals surface area contributed by atoms with Crippen LogP contribution >= 0.6 is 24.0 Å². The van der Waals surface area contributed by atoms with Gasteiger partial charge in [-0.25, -0.2) is 4.79 Å².